The average molecular weight is 403 g/mol. The maximum absolute atomic E-state index is 13.0. The minimum atomic E-state index is -0.354. The summed E-state index contributed by atoms with van der Waals surface area (Å²) in [6, 6.07) is 13.6. The molecule has 1 N–H and O–H groups in total. The normalized spacial score (nSPS) is 12.1. The number of carbonyl (C=O) groups is 1. The molecule has 0 fully saturated rings. The van der Waals surface area contributed by atoms with E-state index >= 15 is 0 Å². The lowest BCUT2D eigenvalue weighted by Gasteiger charge is -2.29. The van der Waals surface area contributed by atoms with Crippen LogP contribution in [-0.2, 0) is 0 Å². The smallest absolute Gasteiger partial charge is 0.415 e. The van der Waals surface area contributed by atoms with E-state index in [1.165, 1.54) is 12.1 Å². The first-order valence-corrected chi connectivity index (χ1v) is 9.97. The molecule has 0 bridgehead atoms. The molecule has 0 aliphatic carbocycles. The highest BCUT2D eigenvalue weighted by Gasteiger charge is 2.22. The molecule has 0 aliphatic heterocycles. The Kier molecular flexibility index (Phi) is 8.46. The summed E-state index contributed by atoms with van der Waals surface area (Å²) in [5.41, 5.74) is 1.00. The third-order valence-corrected chi connectivity index (χ3v) is 4.63. The van der Waals surface area contributed by atoms with Crippen LogP contribution in [0, 0.1) is 5.82 Å². The van der Waals surface area contributed by atoms with Gasteiger partial charge in [-0.05, 0) is 76.7 Å². The van der Waals surface area contributed by atoms with Gasteiger partial charge in [0.1, 0.15) is 17.3 Å². The van der Waals surface area contributed by atoms with Crippen LogP contribution in [0.25, 0.3) is 0 Å². The number of carbonyl (C=O) groups excluding carboxylic acids is 1. The van der Waals surface area contributed by atoms with Gasteiger partial charge < -0.3 is 19.7 Å². The van der Waals surface area contributed by atoms with E-state index < -0.39 is 0 Å². The van der Waals surface area contributed by atoms with Gasteiger partial charge >= 0.3 is 6.09 Å². The van der Waals surface area contributed by atoms with Crippen LogP contribution in [-0.4, -0.2) is 36.7 Å². The van der Waals surface area contributed by atoms with E-state index in [1.807, 2.05) is 52.9 Å². The van der Waals surface area contributed by atoms with Crippen LogP contribution < -0.4 is 14.8 Å². The molecule has 0 aliphatic rings. The second-order valence-corrected chi connectivity index (χ2v) is 7.47. The first-order valence-electron chi connectivity index (χ1n) is 9.97. The third kappa shape index (κ3) is 6.75. The zero-order chi connectivity index (χ0) is 21.4. The largest absolute Gasteiger partial charge is 0.494 e. The lowest BCUT2D eigenvalue weighted by atomic mass is 10.0. The number of hydrogen-bond donors (Lipinski definition) is 1. The van der Waals surface area contributed by atoms with Crippen LogP contribution in [0.2, 0.25) is 0 Å². The Labute approximate surface area is 172 Å². The zero-order valence-corrected chi connectivity index (χ0v) is 17.8. The van der Waals surface area contributed by atoms with Gasteiger partial charge in [0, 0.05) is 24.5 Å². The number of ether oxygens (including phenoxy) is 2. The molecule has 29 heavy (non-hydrogen) atoms. The number of rotatable bonds is 9. The minimum absolute atomic E-state index is 0.0281. The number of benzene rings is 2. The average Bonchev–Trinajstić information content (AvgIpc) is 2.66. The van der Waals surface area contributed by atoms with Crippen molar-refractivity contribution < 1.29 is 18.7 Å². The fourth-order valence-corrected chi connectivity index (χ4v) is 3.27. The quantitative estimate of drug-likeness (QED) is 0.628. The Balaban J connectivity index is 1.99. The molecule has 0 aromatic heterocycles. The molecule has 0 saturated heterocycles. The number of nitrogens with zero attached hydrogens (tertiary/aromatic N) is 1. The molecular formula is C23H31FN2O3. The molecule has 6 heteroatoms. The summed E-state index contributed by atoms with van der Waals surface area (Å²) in [6.07, 6.45) is 0.350. The van der Waals surface area contributed by atoms with Crippen LogP contribution in [0.3, 0.4) is 0 Å². The summed E-state index contributed by atoms with van der Waals surface area (Å²) < 4.78 is 24.3. The summed E-state index contributed by atoms with van der Waals surface area (Å²) in [5.74, 6) is 0.857. The molecule has 1 atom stereocenters. The zero-order valence-electron chi connectivity index (χ0n) is 17.8. The van der Waals surface area contributed by atoms with E-state index in [1.54, 1.807) is 23.1 Å². The van der Waals surface area contributed by atoms with Crippen molar-refractivity contribution in [1.82, 2.24) is 10.2 Å². The highest BCUT2D eigenvalue weighted by molar-refractivity contribution is 5.71. The second-order valence-electron chi connectivity index (χ2n) is 7.47. The Hall–Kier alpha value is -2.60. The maximum Gasteiger partial charge on any atom is 0.415 e. The standard InChI is InChI=1S/C23H31FN2O3/c1-16(2)26(17(3)4)23(27)29-21-8-6-7-18(15-21)22(25-5)13-14-28-20-11-9-19(24)10-12-20/h6-12,15-17,22,25H,13-14H2,1-5H3. The minimum Gasteiger partial charge on any atom is -0.494 e. The molecule has 0 spiro atoms. The van der Waals surface area contributed by atoms with Crippen molar-refractivity contribution >= 4 is 6.09 Å². The monoisotopic (exact) mass is 402 g/mol. The topological polar surface area (TPSA) is 50.8 Å². The van der Waals surface area contributed by atoms with Crippen molar-refractivity contribution in [3.8, 4) is 11.5 Å². The van der Waals surface area contributed by atoms with Crippen molar-refractivity contribution in [2.45, 2.75) is 52.2 Å². The van der Waals surface area contributed by atoms with Crippen LogP contribution in [0.1, 0.15) is 45.7 Å². The van der Waals surface area contributed by atoms with E-state index in [9.17, 15) is 9.18 Å². The van der Waals surface area contributed by atoms with Crippen LogP contribution in [0.15, 0.2) is 48.5 Å². The lowest BCUT2D eigenvalue weighted by Crippen LogP contribution is -2.43. The molecule has 2 rings (SSSR count). The van der Waals surface area contributed by atoms with Gasteiger partial charge in [-0.3, -0.25) is 0 Å². The number of nitrogens with one attached hydrogen (secondary N) is 1. The van der Waals surface area contributed by atoms with Gasteiger partial charge in [0.05, 0.1) is 6.61 Å². The molecule has 0 radical (unpaired) electrons. The Morgan fingerprint density at radius 3 is 2.28 bits per heavy atom. The van der Waals surface area contributed by atoms with Crippen molar-refractivity contribution in [2.24, 2.45) is 0 Å². The summed E-state index contributed by atoms with van der Waals surface area (Å²) in [5, 5.41) is 3.26. The van der Waals surface area contributed by atoms with Crippen molar-refractivity contribution in [3.63, 3.8) is 0 Å². The molecule has 1 unspecified atom stereocenters. The molecule has 2 aromatic rings. The summed E-state index contributed by atoms with van der Waals surface area (Å²) in [7, 11) is 1.88. The van der Waals surface area contributed by atoms with Gasteiger partial charge in [0.15, 0.2) is 0 Å². The SMILES string of the molecule is CNC(CCOc1ccc(F)cc1)c1cccc(OC(=O)N(C(C)C)C(C)C)c1. The number of hydrogen-bond acceptors (Lipinski definition) is 4. The van der Waals surface area contributed by atoms with Crippen LogP contribution in [0.5, 0.6) is 11.5 Å². The predicted octanol–water partition coefficient (Wildman–Crippen LogP) is 5.17. The van der Waals surface area contributed by atoms with Crippen LogP contribution >= 0.6 is 0 Å². The molecule has 0 saturated carbocycles. The molecule has 2 aromatic carbocycles. The van der Waals surface area contributed by atoms with Gasteiger partial charge in [-0.2, -0.15) is 0 Å². The highest BCUT2D eigenvalue weighted by atomic mass is 19.1. The summed E-state index contributed by atoms with van der Waals surface area (Å²) in [4.78, 5) is 14.2. The first kappa shape index (κ1) is 22.7. The number of amides is 1. The van der Waals surface area contributed by atoms with E-state index in [-0.39, 0.29) is 30.0 Å². The molecule has 158 valence electrons. The maximum atomic E-state index is 13.0. The van der Waals surface area contributed by atoms with Crippen molar-refractivity contribution in [3.05, 3.63) is 59.9 Å². The predicted molar refractivity (Wildman–Crippen MR) is 113 cm³/mol. The highest BCUT2D eigenvalue weighted by Crippen LogP contribution is 2.23. The molecule has 0 heterocycles. The number of halogens is 1. The van der Waals surface area contributed by atoms with E-state index in [2.05, 4.69) is 5.32 Å². The van der Waals surface area contributed by atoms with E-state index in [0.29, 0.717) is 24.5 Å². The van der Waals surface area contributed by atoms with Crippen molar-refractivity contribution in [1.29, 1.82) is 0 Å². The third-order valence-electron chi connectivity index (χ3n) is 4.63. The second kappa shape index (κ2) is 10.8. The lowest BCUT2D eigenvalue weighted by molar-refractivity contribution is 0.122. The Morgan fingerprint density at radius 1 is 1.03 bits per heavy atom. The van der Waals surface area contributed by atoms with Crippen LogP contribution in [0.4, 0.5) is 9.18 Å². The van der Waals surface area contributed by atoms with Crippen molar-refractivity contribution in [2.75, 3.05) is 13.7 Å². The van der Waals surface area contributed by atoms with Gasteiger partial charge in [0.25, 0.3) is 0 Å². The van der Waals surface area contributed by atoms with E-state index in [4.69, 9.17) is 9.47 Å². The molecule has 5 nitrogen and oxygen atoms in total. The Bertz CT molecular complexity index is 770. The Morgan fingerprint density at radius 2 is 1.69 bits per heavy atom. The summed E-state index contributed by atoms with van der Waals surface area (Å²) in [6.45, 7) is 8.34. The van der Waals surface area contributed by atoms with Gasteiger partial charge in [0.2, 0.25) is 0 Å². The fraction of sp³-hybridized carbons (Fsp3) is 0.435. The summed E-state index contributed by atoms with van der Waals surface area (Å²) >= 11 is 0. The molecule has 1 amide bonds. The molecular weight excluding hydrogens is 371 g/mol. The van der Waals surface area contributed by atoms with E-state index in [0.717, 1.165) is 5.56 Å². The first-order chi connectivity index (χ1) is 13.8. The fourth-order valence-electron chi connectivity index (χ4n) is 3.27. The van der Waals surface area contributed by atoms with Gasteiger partial charge in [-0.15, -0.1) is 0 Å². The van der Waals surface area contributed by atoms with Gasteiger partial charge in [-0.1, -0.05) is 12.1 Å². The van der Waals surface area contributed by atoms with Gasteiger partial charge in [-0.25, -0.2) is 9.18 Å².